The molecule has 0 heterocycles. The normalized spacial score (nSPS) is 10.7. The topological polar surface area (TPSA) is 47.5 Å². The van der Waals surface area contributed by atoms with Crippen molar-refractivity contribution in [1.29, 1.82) is 0 Å². The molecule has 0 N–H and O–H groups in total. The first-order chi connectivity index (χ1) is 6.63. The molecule has 0 unspecified atom stereocenters. The Balaban J connectivity index is 2.95. The van der Waals surface area contributed by atoms with Crippen molar-refractivity contribution in [3.05, 3.63) is 57.1 Å². The fourth-order valence-electron chi connectivity index (χ4n) is 0.939. The molecule has 0 fully saturated rings. The second-order valence-electron chi connectivity index (χ2n) is 2.75. The lowest BCUT2D eigenvalue weighted by molar-refractivity contribution is -0.422. The van der Waals surface area contributed by atoms with E-state index in [0.29, 0.717) is 5.69 Å². The van der Waals surface area contributed by atoms with Gasteiger partial charge in [0.1, 0.15) is 0 Å². The quantitative estimate of drug-likeness (QED) is 0.407. The Morgan fingerprint density at radius 3 is 2.50 bits per heavy atom. The summed E-state index contributed by atoms with van der Waals surface area (Å²) in [5.74, 6) is 0. The minimum atomic E-state index is -0.442. The van der Waals surface area contributed by atoms with Gasteiger partial charge in [0.2, 0.25) is 5.70 Å². The van der Waals surface area contributed by atoms with Crippen LogP contribution in [0.25, 0.3) is 10.9 Å². The molecule has 14 heavy (non-hydrogen) atoms. The van der Waals surface area contributed by atoms with E-state index < -0.39 is 4.92 Å². The van der Waals surface area contributed by atoms with Crippen molar-refractivity contribution < 1.29 is 4.92 Å². The highest BCUT2D eigenvalue weighted by molar-refractivity contribution is 5.56. The first-order valence-corrected chi connectivity index (χ1v) is 3.93. The Labute approximate surface area is 81.5 Å². The number of benzene rings is 1. The average molecular weight is 188 g/mol. The van der Waals surface area contributed by atoms with E-state index in [-0.39, 0.29) is 5.70 Å². The first-order valence-electron chi connectivity index (χ1n) is 3.93. The molecule has 0 spiro atoms. The first kappa shape index (κ1) is 9.93. The molecule has 70 valence electrons. The van der Waals surface area contributed by atoms with Gasteiger partial charge in [-0.3, -0.25) is 10.1 Å². The van der Waals surface area contributed by atoms with E-state index >= 15 is 0 Å². The summed E-state index contributed by atoms with van der Waals surface area (Å²) in [6.07, 6.45) is 1.47. The van der Waals surface area contributed by atoms with Crippen LogP contribution in [-0.4, -0.2) is 4.92 Å². The van der Waals surface area contributed by atoms with Gasteiger partial charge in [-0.2, -0.15) is 0 Å². The minimum Gasteiger partial charge on any atom is -0.259 e. The number of hydrogen-bond acceptors (Lipinski definition) is 2. The van der Waals surface area contributed by atoms with Crippen molar-refractivity contribution >= 4 is 11.8 Å². The third-order valence-corrected chi connectivity index (χ3v) is 1.69. The fourth-order valence-corrected chi connectivity index (χ4v) is 0.939. The average Bonchev–Trinajstić information content (AvgIpc) is 2.19. The van der Waals surface area contributed by atoms with E-state index in [1.54, 1.807) is 24.3 Å². The molecule has 4 nitrogen and oxygen atoms in total. The molecule has 0 aromatic heterocycles. The Morgan fingerprint density at radius 1 is 1.50 bits per heavy atom. The molecule has 1 aromatic rings. The molecule has 0 radical (unpaired) electrons. The molecule has 0 aliphatic rings. The van der Waals surface area contributed by atoms with Crippen LogP contribution in [0, 0.1) is 16.7 Å². The molecule has 0 saturated heterocycles. The number of allylic oxidation sites excluding steroid dienone is 1. The van der Waals surface area contributed by atoms with Crippen LogP contribution in [0.4, 0.5) is 5.69 Å². The smallest absolute Gasteiger partial charge is 0.243 e. The molecule has 0 bridgehead atoms. The van der Waals surface area contributed by atoms with Crippen LogP contribution in [-0.2, 0) is 0 Å². The van der Waals surface area contributed by atoms with Crippen molar-refractivity contribution in [2.75, 3.05) is 0 Å². The van der Waals surface area contributed by atoms with E-state index in [1.165, 1.54) is 13.0 Å². The van der Waals surface area contributed by atoms with Gasteiger partial charge in [0, 0.05) is 13.0 Å². The molecule has 1 rings (SSSR count). The van der Waals surface area contributed by atoms with Crippen LogP contribution in [0.15, 0.2) is 30.0 Å². The summed E-state index contributed by atoms with van der Waals surface area (Å²) in [7, 11) is 0. The van der Waals surface area contributed by atoms with Crippen molar-refractivity contribution in [2.45, 2.75) is 6.92 Å². The summed E-state index contributed by atoms with van der Waals surface area (Å²) in [4.78, 5) is 13.1. The predicted molar refractivity (Wildman–Crippen MR) is 53.3 cm³/mol. The summed E-state index contributed by atoms with van der Waals surface area (Å²) in [6.45, 7) is 8.16. The number of nitrogens with zero attached hydrogens (tertiary/aromatic N) is 2. The fraction of sp³-hybridized carbons (Fsp3) is 0.100. The molecule has 0 aliphatic heterocycles. The second-order valence-corrected chi connectivity index (χ2v) is 2.75. The third-order valence-electron chi connectivity index (χ3n) is 1.69. The van der Waals surface area contributed by atoms with E-state index in [2.05, 4.69) is 4.85 Å². The summed E-state index contributed by atoms with van der Waals surface area (Å²) < 4.78 is 0. The molecule has 0 saturated carbocycles. The Bertz CT molecular complexity index is 413. The van der Waals surface area contributed by atoms with E-state index in [9.17, 15) is 10.1 Å². The maximum atomic E-state index is 10.3. The van der Waals surface area contributed by atoms with E-state index in [1.807, 2.05) is 0 Å². The van der Waals surface area contributed by atoms with Crippen LogP contribution in [0.3, 0.4) is 0 Å². The monoisotopic (exact) mass is 188 g/mol. The van der Waals surface area contributed by atoms with Gasteiger partial charge in [0.25, 0.3) is 0 Å². The minimum absolute atomic E-state index is 0.0839. The third kappa shape index (κ3) is 2.42. The second kappa shape index (κ2) is 4.19. The zero-order valence-corrected chi connectivity index (χ0v) is 7.60. The molecule has 0 aliphatic carbocycles. The van der Waals surface area contributed by atoms with Crippen LogP contribution < -0.4 is 0 Å². The summed E-state index contributed by atoms with van der Waals surface area (Å²) in [6, 6.07) is 6.62. The molecule has 4 heteroatoms. The van der Waals surface area contributed by atoms with Crippen molar-refractivity contribution in [3.8, 4) is 0 Å². The molecule has 1 aromatic carbocycles. The van der Waals surface area contributed by atoms with Gasteiger partial charge < -0.3 is 0 Å². The lowest BCUT2D eigenvalue weighted by Gasteiger charge is -1.93. The highest BCUT2D eigenvalue weighted by Gasteiger charge is 2.01. The van der Waals surface area contributed by atoms with Crippen molar-refractivity contribution in [3.63, 3.8) is 0 Å². The highest BCUT2D eigenvalue weighted by Crippen LogP contribution is 2.14. The van der Waals surface area contributed by atoms with Gasteiger partial charge in [0.15, 0.2) is 5.69 Å². The van der Waals surface area contributed by atoms with Crippen LogP contribution in [0.1, 0.15) is 12.5 Å². The van der Waals surface area contributed by atoms with Gasteiger partial charge in [-0.15, -0.1) is 0 Å². The Kier molecular flexibility index (Phi) is 2.97. The van der Waals surface area contributed by atoms with Crippen molar-refractivity contribution in [1.82, 2.24) is 0 Å². The Morgan fingerprint density at radius 2 is 2.07 bits per heavy atom. The zero-order chi connectivity index (χ0) is 10.6. The number of rotatable bonds is 2. The summed E-state index contributed by atoms with van der Waals surface area (Å²) >= 11 is 0. The predicted octanol–water partition coefficient (Wildman–Crippen LogP) is 2.87. The maximum absolute atomic E-state index is 10.3. The summed E-state index contributed by atoms with van der Waals surface area (Å²) in [5, 5.41) is 10.3. The van der Waals surface area contributed by atoms with Gasteiger partial charge in [0.05, 0.1) is 11.5 Å². The molecule has 0 amide bonds. The lowest BCUT2D eigenvalue weighted by atomic mass is 10.2. The highest BCUT2D eigenvalue weighted by atomic mass is 16.6. The van der Waals surface area contributed by atoms with Gasteiger partial charge in [-0.25, -0.2) is 4.85 Å². The maximum Gasteiger partial charge on any atom is 0.243 e. The van der Waals surface area contributed by atoms with Gasteiger partial charge in [-0.05, 0) is 5.56 Å². The van der Waals surface area contributed by atoms with Gasteiger partial charge >= 0.3 is 0 Å². The lowest BCUT2D eigenvalue weighted by Crippen LogP contribution is -1.92. The summed E-state index contributed by atoms with van der Waals surface area (Å²) in [5.41, 5.74) is 1.34. The number of hydrogen-bond donors (Lipinski definition) is 0. The van der Waals surface area contributed by atoms with Crippen LogP contribution in [0.2, 0.25) is 0 Å². The van der Waals surface area contributed by atoms with Gasteiger partial charge in [-0.1, -0.05) is 24.3 Å². The SMILES string of the molecule is [C-]#[N+]c1ccc(/C=C(\C)[N+](=O)[O-])cc1. The Hall–Kier alpha value is -2.15. The van der Waals surface area contributed by atoms with E-state index in [4.69, 9.17) is 6.57 Å². The van der Waals surface area contributed by atoms with Crippen LogP contribution in [0.5, 0.6) is 0 Å². The number of nitro groups is 1. The molecular formula is C10H8N2O2. The largest absolute Gasteiger partial charge is 0.259 e. The molecular weight excluding hydrogens is 180 g/mol. The van der Waals surface area contributed by atoms with Crippen LogP contribution >= 0.6 is 0 Å². The standard InChI is InChI=1S/C10H8N2O2/c1-8(12(13)14)7-9-3-5-10(11-2)6-4-9/h3-7H,1H3/b8-7+. The molecule has 0 atom stereocenters. The van der Waals surface area contributed by atoms with Crippen molar-refractivity contribution in [2.24, 2.45) is 0 Å². The zero-order valence-electron chi connectivity index (χ0n) is 7.60. The van der Waals surface area contributed by atoms with E-state index in [0.717, 1.165) is 5.56 Å².